The average molecular weight is 317 g/mol. The number of rotatable bonds is 4. The van der Waals surface area contributed by atoms with E-state index in [0.717, 1.165) is 16.8 Å². The largest absolute Gasteiger partial charge is 0.478 e. The van der Waals surface area contributed by atoms with Crippen LogP contribution in [-0.4, -0.2) is 31.6 Å². The highest BCUT2D eigenvalue weighted by Crippen LogP contribution is 2.25. The Bertz CT molecular complexity index is 703. The molecule has 112 valence electrons. The maximum Gasteiger partial charge on any atom is 0.336 e. The first kappa shape index (κ1) is 15.4. The van der Waals surface area contributed by atoms with Gasteiger partial charge in [0.15, 0.2) is 0 Å². The van der Waals surface area contributed by atoms with E-state index in [4.69, 9.17) is 5.11 Å². The average Bonchev–Trinajstić information content (AvgIpc) is 2.68. The highest BCUT2D eigenvalue weighted by molar-refractivity contribution is 7.99. The molecule has 1 heterocycles. The molecule has 1 aromatic carbocycles. The summed E-state index contributed by atoms with van der Waals surface area (Å²) in [6, 6.07) is 2.16. The maximum atomic E-state index is 14.0. The molecule has 1 aromatic heterocycles. The van der Waals surface area contributed by atoms with Gasteiger partial charge in [-0.05, 0) is 43.3 Å². The Labute approximate surface area is 121 Å². The molecule has 9 heteroatoms. The summed E-state index contributed by atoms with van der Waals surface area (Å²) in [5.41, 5.74) is 0.0113. The highest BCUT2D eigenvalue weighted by Gasteiger charge is 2.18. The van der Waals surface area contributed by atoms with E-state index in [1.54, 1.807) is 0 Å². The van der Waals surface area contributed by atoms with E-state index in [1.165, 1.54) is 13.8 Å². The fourth-order valence-electron chi connectivity index (χ4n) is 1.78. The molecule has 0 fully saturated rings. The van der Waals surface area contributed by atoms with E-state index < -0.39 is 17.5 Å². The zero-order valence-electron chi connectivity index (χ0n) is 11.0. The van der Waals surface area contributed by atoms with Gasteiger partial charge < -0.3 is 5.11 Å². The van der Waals surface area contributed by atoms with Gasteiger partial charge in [0.25, 0.3) is 5.76 Å². The second-order valence-electron chi connectivity index (χ2n) is 4.16. The van der Waals surface area contributed by atoms with Crippen molar-refractivity contribution in [2.75, 3.05) is 0 Å². The molecule has 0 amide bonds. The number of benzene rings is 1. The van der Waals surface area contributed by atoms with E-state index in [9.17, 15) is 18.0 Å². The summed E-state index contributed by atoms with van der Waals surface area (Å²) < 4.78 is 39.6. The van der Waals surface area contributed by atoms with Crippen LogP contribution in [0, 0.1) is 19.7 Å². The fraction of sp³-hybridized carbons (Fsp3) is 0.250. The first-order chi connectivity index (χ1) is 9.79. The summed E-state index contributed by atoms with van der Waals surface area (Å²) >= 11 is 0.132. The van der Waals surface area contributed by atoms with Crippen LogP contribution in [-0.2, 0) is 0 Å². The first-order valence-electron chi connectivity index (χ1n) is 5.72. The second kappa shape index (κ2) is 5.76. The third-order valence-electron chi connectivity index (χ3n) is 2.70. The van der Waals surface area contributed by atoms with Crippen molar-refractivity contribution >= 4 is 17.7 Å². The van der Waals surface area contributed by atoms with Gasteiger partial charge in [0, 0.05) is 0 Å². The first-order valence-corrected chi connectivity index (χ1v) is 6.60. The van der Waals surface area contributed by atoms with Crippen molar-refractivity contribution in [3.63, 3.8) is 0 Å². The number of carboxylic acid groups (broad SMARTS) is 1. The normalized spacial score (nSPS) is 11.1. The van der Waals surface area contributed by atoms with Crippen molar-refractivity contribution in [3.05, 3.63) is 34.9 Å². The molecule has 0 aliphatic heterocycles. The smallest absolute Gasteiger partial charge is 0.336 e. The molecular formula is C12H10F3N3O2S. The second-order valence-corrected chi connectivity index (χ2v) is 5.11. The predicted molar refractivity (Wildman–Crippen MR) is 69.6 cm³/mol. The lowest BCUT2D eigenvalue weighted by molar-refractivity contribution is 0.0696. The van der Waals surface area contributed by atoms with Gasteiger partial charge in [0.1, 0.15) is 17.3 Å². The number of thioether (sulfide) groups is 1. The third kappa shape index (κ3) is 3.18. The summed E-state index contributed by atoms with van der Waals surface area (Å²) in [5, 5.41) is 12.6. The maximum absolute atomic E-state index is 14.0. The van der Waals surface area contributed by atoms with E-state index in [2.05, 4.69) is 10.1 Å². The highest BCUT2D eigenvalue weighted by atomic mass is 32.2. The molecular weight excluding hydrogens is 307 g/mol. The summed E-state index contributed by atoms with van der Waals surface area (Å²) in [6.07, 6.45) is 0. The number of carbonyl (C=O) groups is 1. The lowest BCUT2D eigenvalue weighted by atomic mass is 10.1. The molecule has 0 radical (unpaired) electrons. The lowest BCUT2D eigenvalue weighted by Gasteiger charge is -2.08. The van der Waals surface area contributed by atoms with Gasteiger partial charge >= 0.3 is 5.97 Å². The molecule has 1 N–H and O–H groups in total. The van der Waals surface area contributed by atoms with Crippen LogP contribution in [0.1, 0.15) is 21.7 Å². The molecule has 0 unspecified atom stereocenters. The van der Waals surface area contributed by atoms with Gasteiger partial charge in [0.05, 0.1) is 5.56 Å². The van der Waals surface area contributed by atoms with E-state index in [1.807, 2.05) is 0 Å². The van der Waals surface area contributed by atoms with Crippen molar-refractivity contribution in [3.8, 4) is 5.69 Å². The number of hydrogen-bond donors (Lipinski definition) is 1. The number of aryl methyl sites for hydroxylation is 2. The Morgan fingerprint density at radius 2 is 2.05 bits per heavy atom. The zero-order valence-corrected chi connectivity index (χ0v) is 11.8. The molecule has 2 rings (SSSR count). The number of halogens is 3. The lowest BCUT2D eigenvalue weighted by Crippen LogP contribution is -2.07. The van der Waals surface area contributed by atoms with Crippen LogP contribution < -0.4 is 0 Å². The Hall–Kier alpha value is -2.03. The molecule has 2 aromatic rings. The molecule has 0 saturated carbocycles. The van der Waals surface area contributed by atoms with Crippen LogP contribution in [0.4, 0.5) is 13.2 Å². The molecule has 0 saturated heterocycles. The van der Waals surface area contributed by atoms with Crippen LogP contribution in [0.2, 0.25) is 0 Å². The molecule has 21 heavy (non-hydrogen) atoms. The van der Waals surface area contributed by atoms with E-state index in [-0.39, 0.29) is 39.6 Å². The molecule has 5 nitrogen and oxygen atoms in total. The molecule has 0 aliphatic rings. The molecule has 0 spiro atoms. The van der Waals surface area contributed by atoms with Gasteiger partial charge in [-0.1, -0.05) is 0 Å². The monoisotopic (exact) mass is 317 g/mol. The number of hydrogen-bond acceptors (Lipinski definition) is 4. The Balaban J connectivity index is 2.53. The Kier molecular flexibility index (Phi) is 4.21. The van der Waals surface area contributed by atoms with Crippen LogP contribution >= 0.6 is 11.8 Å². The van der Waals surface area contributed by atoms with Gasteiger partial charge in [-0.2, -0.15) is 8.78 Å². The topological polar surface area (TPSA) is 68.0 Å². The van der Waals surface area contributed by atoms with Crippen molar-refractivity contribution < 1.29 is 23.1 Å². The van der Waals surface area contributed by atoms with E-state index >= 15 is 0 Å². The summed E-state index contributed by atoms with van der Waals surface area (Å²) in [6.45, 7) is 2.92. The van der Waals surface area contributed by atoms with Crippen LogP contribution in [0.25, 0.3) is 5.69 Å². The number of alkyl halides is 2. The number of aromatic nitrogens is 3. The minimum atomic E-state index is -2.70. The quantitative estimate of drug-likeness (QED) is 0.878. The minimum absolute atomic E-state index is 0.0932. The van der Waals surface area contributed by atoms with Crippen LogP contribution in [0.15, 0.2) is 17.3 Å². The van der Waals surface area contributed by atoms with Crippen molar-refractivity contribution in [1.82, 2.24) is 14.8 Å². The molecule has 0 aliphatic carbocycles. The third-order valence-corrected chi connectivity index (χ3v) is 3.26. The summed E-state index contributed by atoms with van der Waals surface area (Å²) in [7, 11) is 0. The summed E-state index contributed by atoms with van der Waals surface area (Å²) in [5.74, 6) is -4.44. The van der Waals surface area contributed by atoms with Gasteiger partial charge in [-0.15, -0.1) is 5.10 Å². The van der Waals surface area contributed by atoms with Gasteiger partial charge in [0.2, 0.25) is 5.16 Å². The van der Waals surface area contributed by atoms with Crippen molar-refractivity contribution in [2.24, 2.45) is 0 Å². The SMILES string of the molecule is Cc1cc(F)c(-n2nc(SC(F)F)nc2C)cc1C(=O)O. The fourth-order valence-corrected chi connectivity index (χ4v) is 2.25. The van der Waals surface area contributed by atoms with E-state index in [0.29, 0.717) is 0 Å². The van der Waals surface area contributed by atoms with Gasteiger partial charge in [-0.3, -0.25) is 0 Å². The summed E-state index contributed by atoms with van der Waals surface area (Å²) in [4.78, 5) is 14.9. The number of nitrogens with zero attached hydrogens (tertiary/aromatic N) is 3. The minimum Gasteiger partial charge on any atom is -0.478 e. The zero-order chi connectivity index (χ0) is 15.7. The Morgan fingerprint density at radius 3 is 2.62 bits per heavy atom. The number of carboxylic acids is 1. The van der Waals surface area contributed by atoms with Crippen molar-refractivity contribution in [2.45, 2.75) is 24.8 Å². The van der Waals surface area contributed by atoms with Crippen molar-refractivity contribution in [1.29, 1.82) is 0 Å². The van der Waals surface area contributed by atoms with Gasteiger partial charge in [-0.25, -0.2) is 18.9 Å². The number of aromatic carboxylic acids is 1. The van der Waals surface area contributed by atoms with Crippen LogP contribution in [0.5, 0.6) is 0 Å². The Morgan fingerprint density at radius 1 is 1.38 bits per heavy atom. The molecule has 0 bridgehead atoms. The standard InChI is InChI=1S/C12H10F3N3O2S/c1-5-3-8(13)9(4-7(5)10(19)20)18-6(2)16-12(17-18)21-11(14)15/h3-4,11H,1-2H3,(H,19,20). The predicted octanol–water partition coefficient (Wildman–Crippen LogP) is 3.04. The molecule has 0 atom stereocenters. The van der Waals surface area contributed by atoms with Crippen LogP contribution in [0.3, 0.4) is 0 Å².